The van der Waals surface area contributed by atoms with Gasteiger partial charge in [0, 0.05) is 16.5 Å². The van der Waals surface area contributed by atoms with Gasteiger partial charge in [-0.2, -0.15) is 5.10 Å². The smallest absolute Gasteiger partial charge is 0.341 e. The third kappa shape index (κ3) is 4.26. The second kappa shape index (κ2) is 9.15. The van der Waals surface area contributed by atoms with Crippen LogP contribution in [0.25, 0.3) is 22.2 Å². The summed E-state index contributed by atoms with van der Waals surface area (Å²) in [5.41, 5.74) is 6.06. The summed E-state index contributed by atoms with van der Waals surface area (Å²) in [6.07, 6.45) is 2.41. The highest BCUT2D eigenvalue weighted by molar-refractivity contribution is 7.16. The van der Waals surface area contributed by atoms with Gasteiger partial charge in [0.05, 0.1) is 18.4 Å². The maximum absolute atomic E-state index is 13.0. The Morgan fingerprint density at radius 1 is 1.12 bits per heavy atom. The first kappa shape index (κ1) is 22.7. The van der Waals surface area contributed by atoms with E-state index in [1.54, 1.807) is 10.9 Å². The number of pyridine rings is 1. The minimum Gasteiger partial charge on any atom is -0.465 e. The van der Waals surface area contributed by atoms with E-state index in [0.717, 1.165) is 32.6 Å². The fourth-order valence-corrected chi connectivity index (χ4v) is 5.23. The lowest BCUT2D eigenvalue weighted by atomic mass is 10.0. The van der Waals surface area contributed by atoms with Gasteiger partial charge in [-0.1, -0.05) is 36.8 Å². The number of ether oxygens (including phenoxy) is 1. The molecule has 0 aliphatic carbocycles. The Bertz CT molecular complexity index is 1350. The lowest BCUT2D eigenvalue weighted by Crippen LogP contribution is -2.20. The first-order valence-electron chi connectivity index (χ1n) is 10.7. The number of nitrogens with one attached hydrogen (secondary N) is 1. The fraction of sp³-hybridized carbons (Fsp3) is 0.280. The van der Waals surface area contributed by atoms with E-state index in [-0.39, 0.29) is 12.5 Å². The second-order valence-corrected chi connectivity index (χ2v) is 9.13. The quantitative estimate of drug-likeness (QED) is 0.404. The minimum absolute atomic E-state index is 0.0201. The van der Waals surface area contributed by atoms with Gasteiger partial charge in [-0.05, 0) is 49.9 Å². The van der Waals surface area contributed by atoms with E-state index in [2.05, 4.69) is 46.6 Å². The molecular formula is C25H26N4O3S. The van der Waals surface area contributed by atoms with Gasteiger partial charge in [0.2, 0.25) is 5.91 Å². The third-order valence-corrected chi connectivity index (χ3v) is 6.73. The molecule has 0 saturated heterocycles. The summed E-state index contributed by atoms with van der Waals surface area (Å²) >= 11 is 1.38. The van der Waals surface area contributed by atoms with Gasteiger partial charge in [-0.15, -0.1) is 11.3 Å². The summed E-state index contributed by atoms with van der Waals surface area (Å²) in [5, 5.41) is 8.90. The largest absolute Gasteiger partial charge is 0.465 e. The van der Waals surface area contributed by atoms with E-state index in [0.29, 0.717) is 22.6 Å². The van der Waals surface area contributed by atoms with Gasteiger partial charge in [-0.25, -0.2) is 14.5 Å². The van der Waals surface area contributed by atoms with Crippen molar-refractivity contribution < 1.29 is 14.3 Å². The number of esters is 1. The summed E-state index contributed by atoms with van der Waals surface area (Å²) in [6.45, 7) is 7.86. The Morgan fingerprint density at radius 2 is 1.85 bits per heavy atom. The van der Waals surface area contributed by atoms with Crippen LogP contribution in [0.4, 0.5) is 5.00 Å². The number of benzene rings is 1. The van der Waals surface area contributed by atoms with Crippen molar-refractivity contribution in [2.24, 2.45) is 0 Å². The van der Waals surface area contributed by atoms with Gasteiger partial charge in [0.25, 0.3) is 0 Å². The zero-order chi connectivity index (χ0) is 23.7. The van der Waals surface area contributed by atoms with Crippen LogP contribution in [0.2, 0.25) is 0 Å². The highest BCUT2D eigenvalue weighted by Crippen LogP contribution is 2.34. The highest BCUT2D eigenvalue weighted by Gasteiger charge is 2.24. The Balaban J connectivity index is 1.66. The number of anilines is 1. The maximum atomic E-state index is 13.0. The van der Waals surface area contributed by atoms with Crippen molar-refractivity contribution in [1.82, 2.24) is 14.8 Å². The highest BCUT2D eigenvalue weighted by atomic mass is 32.1. The van der Waals surface area contributed by atoms with Gasteiger partial charge >= 0.3 is 5.97 Å². The molecule has 4 rings (SSSR count). The van der Waals surface area contributed by atoms with Crippen LogP contribution in [0.1, 0.15) is 39.0 Å². The number of carbonyl (C=O) groups is 2. The zero-order valence-corrected chi connectivity index (χ0v) is 20.2. The van der Waals surface area contributed by atoms with Gasteiger partial charge in [0.15, 0.2) is 5.65 Å². The van der Waals surface area contributed by atoms with E-state index >= 15 is 0 Å². The molecule has 1 amide bonds. The number of hydrogen-bond donors (Lipinski definition) is 1. The lowest BCUT2D eigenvalue weighted by molar-refractivity contribution is -0.116. The van der Waals surface area contributed by atoms with Crippen LogP contribution in [0.15, 0.2) is 36.5 Å². The predicted molar refractivity (Wildman–Crippen MR) is 131 cm³/mol. The van der Waals surface area contributed by atoms with Crippen LogP contribution in [-0.4, -0.2) is 33.8 Å². The molecule has 0 fully saturated rings. The molecule has 1 N–H and O–H groups in total. The van der Waals surface area contributed by atoms with E-state index in [4.69, 9.17) is 4.74 Å². The monoisotopic (exact) mass is 462 g/mol. The van der Waals surface area contributed by atoms with Crippen molar-refractivity contribution >= 4 is 39.2 Å². The molecule has 0 spiro atoms. The van der Waals surface area contributed by atoms with Crippen molar-refractivity contribution in [3.8, 4) is 11.1 Å². The summed E-state index contributed by atoms with van der Waals surface area (Å²) in [4.78, 5) is 30.8. The second-order valence-electron chi connectivity index (χ2n) is 7.90. The topological polar surface area (TPSA) is 86.1 Å². The van der Waals surface area contributed by atoms with E-state index in [1.165, 1.54) is 24.0 Å². The number of aryl methyl sites for hydroxylation is 3. The van der Waals surface area contributed by atoms with Crippen molar-refractivity contribution in [3.05, 3.63) is 63.8 Å². The Morgan fingerprint density at radius 3 is 2.52 bits per heavy atom. The molecule has 3 aromatic heterocycles. The van der Waals surface area contributed by atoms with Crippen LogP contribution in [0, 0.1) is 20.8 Å². The van der Waals surface area contributed by atoms with Crippen LogP contribution in [-0.2, 0) is 22.5 Å². The number of methoxy groups -OCH3 is 1. The number of thiophene rings is 1. The molecule has 0 bridgehead atoms. The van der Waals surface area contributed by atoms with E-state index in [9.17, 15) is 9.59 Å². The summed E-state index contributed by atoms with van der Waals surface area (Å²) in [6, 6.07) is 10.3. The number of hydrogen-bond acceptors (Lipinski definition) is 6. The molecule has 0 aliphatic heterocycles. The van der Waals surface area contributed by atoms with Crippen molar-refractivity contribution in [1.29, 1.82) is 0 Å². The number of fused-ring (bicyclic) bond motifs is 1. The first-order chi connectivity index (χ1) is 15.8. The van der Waals surface area contributed by atoms with Crippen molar-refractivity contribution in [2.75, 3.05) is 12.4 Å². The predicted octanol–water partition coefficient (Wildman–Crippen LogP) is 5.07. The normalized spacial score (nSPS) is 11.1. The Labute approximate surface area is 196 Å². The third-order valence-electron chi connectivity index (χ3n) is 5.67. The Kier molecular flexibility index (Phi) is 6.29. The number of amides is 1. The molecule has 8 heteroatoms. The summed E-state index contributed by atoms with van der Waals surface area (Å²) < 4.78 is 6.55. The molecule has 3 heterocycles. The standard InChI is InChI=1S/C25H26N4O3S/c1-6-18-16(4)33-24(22(18)25(31)32-5)27-20(30)13-29-23-21(15(3)28-29)19(11-12-26-23)17-9-7-14(2)8-10-17/h7-12H,6,13H2,1-5H3,(H,27,30). The number of carbonyl (C=O) groups excluding carboxylic acids is 2. The molecule has 0 radical (unpaired) electrons. The fourth-order valence-electron chi connectivity index (χ4n) is 4.08. The first-order valence-corrected chi connectivity index (χ1v) is 11.5. The van der Waals surface area contributed by atoms with Crippen LogP contribution in [0.5, 0.6) is 0 Å². The molecule has 0 unspecified atom stereocenters. The molecule has 7 nitrogen and oxygen atoms in total. The number of aromatic nitrogens is 3. The average molecular weight is 463 g/mol. The van der Waals surface area contributed by atoms with E-state index < -0.39 is 5.97 Å². The molecular weight excluding hydrogens is 436 g/mol. The summed E-state index contributed by atoms with van der Waals surface area (Å²) in [5.74, 6) is -0.729. The molecule has 4 aromatic rings. The maximum Gasteiger partial charge on any atom is 0.341 e. The van der Waals surface area contributed by atoms with Crippen LogP contribution in [0.3, 0.4) is 0 Å². The molecule has 0 saturated carbocycles. The number of nitrogens with zero attached hydrogens (tertiary/aromatic N) is 3. The van der Waals surface area contributed by atoms with E-state index in [1.807, 2.05) is 26.8 Å². The van der Waals surface area contributed by atoms with Gasteiger partial charge < -0.3 is 10.1 Å². The average Bonchev–Trinajstić information content (AvgIpc) is 3.29. The Hall–Kier alpha value is -3.52. The van der Waals surface area contributed by atoms with Crippen molar-refractivity contribution in [3.63, 3.8) is 0 Å². The van der Waals surface area contributed by atoms with Gasteiger partial charge in [0.1, 0.15) is 11.5 Å². The molecule has 0 atom stereocenters. The summed E-state index contributed by atoms with van der Waals surface area (Å²) in [7, 11) is 1.34. The number of rotatable bonds is 6. The molecule has 0 aliphatic rings. The molecule has 1 aromatic carbocycles. The van der Waals surface area contributed by atoms with Gasteiger partial charge in [-0.3, -0.25) is 4.79 Å². The molecule has 33 heavy (non-hydrogen) atoms. The van der Waals surface area contributed by atoms with Crippen LogP contribution >= 0.6 is 11.3 Å². The minimum atomic E-state index is -0.448. The zero-order valence-electron chi connectivity index (χ0n) is 19.4. The van der Waals surface area contributed by atoms with Crippen molar-refractivity contribution in [2.45, 2.75) is 40.7 Å². The molecule has 170 valence electrons. The lowest BCUT2D eigenvalue weighted by Gasteiger charge is -2.08. The van der Waals surface area contributed by atoms with Crippen LogP contribution < -0.4 is 5.32 Å². The SMILES string of the molecule is CCc1c(C)sc(NC(=O)Cn2nc(C)c3c(-c4ccc(C)cc4)ccnc32)c1C(=O)OC.